The summed E-state index contributed by atoms with van der Waals surface area (Å²) in [4.78, 5) is 6.30. The lowest BCUT2D eigenvalue weighted by Crippen LogP contribution is -2.61. The summed E-state index contributed by atoms with van der Waals surface area (Å²) in [5, 5.41) is 13.7. The van der Waals surface area contributed by atoms with Crippen LogP contribution in [0.15, 0.2) is 22.8 Å². The van der Waals surface area contributed by atoms with Crippen LogP contribution in [0.1, 0.15) is 13.3 Å². The van der Waals surface area contributed by atoms with Crippen molar-refractivity contribution < 1.29 is 5.11 Å². The number of anilines is 1. The fourth-order valence-electron chi connectivity index (χ4n) is 1.95. The lowest BCUT2D eigenvalue weighted by atomic mass is 10.1. The van der Waals surface area contributed by atoms with Crippen LogP contribution in [0.5, 0.6) is 0 Å². The maximum atomic E-state index is 10.5. The van der Waals surface area contributed by atoms with Crippen LogP contribution in [0.4, 0.5) is 5.82 Å². The van der Waals surface area contributed by atoms with Gasteiger partial charge in [-0.3, -0.25) is 0 Å². The summed E-state index contributed by atoms with van der Waals surface area (Å²) in [6, 6.07) is 3.87. The van der Waals surface area contributed by atoms with Gasteiger partial charge in [-0.15, -0.1) is 0 Å². The van der Waals surface area contributed by atoms with Crippen molar-refractivity contribution in [2.45, 2.75) is 19.1 Å². The van der Waals surface area contributed by atoms with Crippen molar-refractivity contribution in [3.05, 3.63) is 22.8 Å². The van der Waals surface area contributed by atoms with E-state index in [-0.39, 0.29) is 0 Å². The minimum absolute atomic E-state index is 0.585. The Balaban J connectivity index is 2.26. The predicted molar refractivity (Wildman–Crippen MR) is 67.4 cm³/mol. The van der Waals surface area contributed by atoms with Crippen LogP contribution in [0, 0.1) is 0 Å². The van der Waals surface area contributed by atoms with Crippen LogP contribution in [-0.4, -0.2) is 35.4 Å². The Hall–Kier alpha value is -0.650. The summed E-state index contributed by atoms with van der Waals surface area (Å²) < 4.78 is 0.950. The Morgan fingerprint density at radius 3 is 3.06 bits per heavy atom. The Morgan fingerprint density at radius 2 is 2.44 bits per heavy atom. The standard InChI is InChI=1S/C11H16BrN3O/c1-2-11(16)8-13-5-6-15(11)10-4-3-9(12)7-14-10/h3-4,7,13,16H,2,5-6,8H2,1H3. The van der Waals surface area contributed by atoms with Crippen LogP contribution >= 0.6 is 15.9 Å². The number of piperazine rings is 1. The molecule has 1 aromatic rings. The molecule has 5 heteroatoms. The van der Waals surface area contributed by atoms with Crippen LogP contribution in [0.25, 0.3) is 0 Å². The number of aliphatic hydroxyl groups is 1. The van der Waals surface area contributed by atoms with Crippen LogP contribution < -0.4 is 10.2 Å². The van der Waals surface area contributed by atoms with Crippen LogP contribution in [-0.2, 0) is 0 Å². The number of pyridine rings is 1. The average molecular weight is 286 g/mol. The second-order valence-corrected chi connectivity index (χ2v) is 4.91. The molecule has 0 bridgehead atoms. The first-order chi connectivity index (χ1) is 7.65. The molecule has 1 unspecified atom stereocenters. The molecule has 1 aliphatic rings. The van der Waals surface area contributed by atoms with Gasteiger partial charge < -0.3 is 15.3 Å². The normalized spacial score (nSPS) is 25.8. The molecule has 0 amide bonds. The number of nitrogens with zero attached hydrogens (tertiary/aromatic N) is 2. The molecule has 2 N–H and O–H groups in total. The fraction of sp³-hybridized carbons (Fsp3) is 0.545. The van der Waals surface area contributed by atoms with E-state index in [4.69, 9.17) is 0 Å². The van der Waals surface area contributed by atoms with Gasteiger partial charge in [-0.25, -0.2) is 4.98 Å². The van der Waals surface area contributed by atoms with E-state index in [1.54, 1.807) is 6.20 Å². The zero-order valence-corrected chi connectivity index (χ0v) is 10.9. The van der Waals surface area contributed by atoms with E-state index in [1.165, 1.54) is 0 Å². The fourth-order valence-corrected chi connectivity index (χ4v) is 2.19. The maximum absolute atomic E-state index is 10.5. The highest BCUT2D eigenvalue weighted by Gasteiger charge is 2.35. The lowest BCUT2D eigenvalue weighted by Gasteiger charge is -2.43. The largest absolute Gasteiger partial charge is 0.369 e. The second-order valence-electron chi connectivity index (χ2n) is 4.00. The molecule has 1 aromatic heterocycles. The van der Waals surface area contributed by atoms with Crippen LogP contribution in [0.2, 0.25) is 0 Å². The van der Waals surface area contributed by atoms with E-state index >= 15 is 0 Å². The first-order valence-electron chi connectivity index (χ1n) is 5.48. The van der Waals surface area contributed by atoms with E-state index in [9.17, 15) is 5.11 Å². The van der Waals surface area contributed by atoms with E-state index < -0.39 is 5.72 Å². The summed E-state index contributed by atoms with van der Waals surface area (Å²) >= 11 is 3.36. The monoisotopic (exact) mass is 285 g/mol. The van der Waals surface area contributed by atoms with Gasteiger partial charge in [0.05, 0.1) is 0 Å². The molecule has 0 spiro atoms. The molecule has 1 aliphatic heterocycles. The van der Waals surface area contributed by atoms with Gasteiger partial charge in [0.25, 0.3) is 0 Å². The SMILES string of the molecule is CCC1(O)CNCCN1c1ccc(Br)cn1. The molecule has 1 fully saturated rings. The van der Waals surface area contributed by atoms with Gasteiger partial charge in [-0.05, 0) is 34.5 Å². The van der Waals surface area contributed by atoms with Gasteiger partial charge in [-0.2, -0.15) is 0 Å². The third kappa shape index (κ3) is 2.21. The van der Waals surface area contributed by atoms with Crippen molar-refractivity contribution in [1.29, 1.82) is 0 Å². The van der Waals surface area contributed by atoms with Crippen molar-refractivity contribution in [2.75, 3.05) is 24.5 Å². The highest BCUT2D eigenvalue weighted by molar-refractivity contribution is 9.10. The quantitative estimate of drug-likeness (QED) is 0.861. The predicted octanol–water partition coefficient (Wildman–Crippen LogP) is 1.35. The molecular weight excluding hydrogens is 270 g/mol. The highest BCUT2D eigenvalue weighted by Crippen LogP contribution is 2.25. The number of β-amino-alcohol motifs (C(OH)–C–C–N with tert-alkyl or cyclic N) is 1. The smallest absolute Gasteiger partial charge is 0.151 e. The summed E-state index contributed by atoms with van der Waals surface area (Å²) in [6.45, 7) is 4.22. The first-order valence-corrected chi connectivity index (χ1v) is 6.27. The molecule has 0 aromatic carbocycles. The minimum Gasteiger partial charge on any atom is -0.369 e. The van der Waals surface area contributed by atoms with Crippen molar-refractivity contribution in [2.24, 2.45) is 0 Å². The van der Waals surface area contributed by atoms with Crippen molar-refractivity contribution in [3.8, 4) is 0 Å². The average Bonchev–Trinajstić information content (AvgIpc) is 2.31. The minimum atomic E-state index is -0.820. The topological polar surface area (TPSA) is 48.4 Å². The van der Waals surface area contributed by atoms with E-state index in [0.717, 1.165) is 23.4 Å². The molecule has 2 rings (SSSR count). The van der Waals surface area contributed by atoms with Crippen molar-refractivity contribution in [3.63, 3.8) is 0 Å². The van der Waals surface area contributed by atoms with E-state index in [0.29, 0.717) is 13.0 Å². The van der Waals surface area contributed by atoms with Crippen molar-refractivity contribution in [1.82, 2.24) is 10.3 Å². The Labute approximate surface area is 104 Å². The molecule has 0 aliphatic carbocycles. The van der Waals surface area contributed by atoms with Gasteiger partial charge in [-0.1, -0.05) is 6.92 Å². The summed E-state index contributed by atoms with van der Waals surface area (Å²) in [5.74, 6) is 0.828. The second kappa shape index (κ2) is 4.69. The molecule has 2 heterocycles. The van der Waals surface area contributed by atoms with E-state index in [1.807, 2.05) is 24.0 Å². The Morgan fingerprint density at radius 1 is 1.62 bits per heavy atom. The zero-order valence-electron chi connectivity index (χ0n) is 9.28. The van der Waals surface area contributed by atoms with Gasteiger partial charge in [0, 0.05) is 30.3 Å². The number of halogens is 1. The summed E-state index contributed by atoms with van der Waals surface area (Å²) in [6.07, 6.45) is 2.44. The molecular formula is C11H16BrN3O. The molecule has 4 nitrogen and oxygen atoms in total. The Bertz CT molecular complexity index is 357. The van der Waals surface area contributed by atoms with Gasteiger partial charge >= 0.3 is 0 Å². The molecule has 0 radical (unpaired) electrons. The molecule has 16 heavy (non-hydrogen) atoms. The van der Waals surface area contributed by atoms with Gasteiger partial charge in [0.2, 0.25) is 0 Å². The Kier molecular flexibility index (Phi) is 3.47. The highest BCUT2D eigenvalue weighted by atomic mass is 79.9. The number of nitrogens with one attached hydrogen (secondary N) is 1. The first kappa shape index (κ1) is 11.8. The molecule has 1 atom stereocenters. The van der Waals surface area contributed by atoms with Crippen LogP contribution in [0.3, 0.4) is 0 Å². The maximum Gasteiger partial charge on any atom is 0.151 e. The summed E-state index contributed by atoms with van der Waals surface area (Å²) in [5.41, 5.74) is -0.820. The lowest BCUT2D eigenvalue weighted by molar-refractivity contribution is 0.0209. The number of rotatable bonds is 2. The third-order valence-electron chi connectivity index (χ3n) is 2.98. The number of hydrogen-bond donors (Lipinski definition) is 2. The van der Waals surface area contributed by atoms with Gasteiger partial charge in [0.1, 0.15) is 5.82 Å². The molecule has 0 saturated carbocycles. The van der Waals surface area contributed by atoms with E-state index in [2.05, 4.69) is 26.2 Å². The third-order valence-corrected chi connectivity index (χ3v) is 3.45. The molecule has 1 saturated heterocycles. The van der Waals surface area contributed by atoms with Crippen molar-refractivity contribution >= 4 is 21.7 Å². The van der Waals surface area contributed by atoms with Gasteiger partial charge in [0.15, 0.2) is 5.72 Å². The zero-order chi connectivity index (χ0) is 11.6. The molecule has 88 valence electrons. The number of aromatic nitrogens is 1. The number of hydrogen-bond acceptors (Lipinski definition) is 4. The summed E-state index contributed by atoms with van der Waals surface area (Å²) in [7, 11) is 0.